The van der Waals surface area contributed by atoms with Crippen molar-refractivity contribution in [3.63, 3.8) is 0 Å². The van der Waals surface area contributed by atoms with Crippen LogP contribution in [0.5, 0.6) is 17.2 Å². The van der Waals surface area contributed by atoms with Crippen LogP contribution in [0.4, 0.5) is 0 Å². The fourth-order valence-electron chi connectivity index (χ4n) is 5.45. The van der Waals surface area contributed by atoms with E-state index in [1.54, 1.807) is 18.2 Å². The predicted octanol–water partition coefficient (Wildman–Crippen LogP) is 7.41. The van der Waals surface area contributed by atoms with E-state index >= 15 is 0 Å². The molecule has 35 heavy (non-hydrogen) atoms. The van der Waals surface area contributed by atoms with Gasteiger partial charge in [-0.05, 0) is 79.3 Å². The normalized spacial score (nSPS) is 12.1. The summed E-state index contributed by atoms with van der Waals surface area (Å²) in [5, 5.41) is 32.0. The van der Waals surface area contributed by atoms with Crippen LogP contribution in [0.3, 0.4) is 0 Å². The Hall–Kier alpha value is -3.72. The second-order valence-electron chi connectivity index (χ2n) is 10.3. The van der Waals surface area contributed by atoms with Crippen molar-refractivity contribution in [2.45, 2.75) is 52.4 Å². The van der Waals surface area contributed by atoms with Crippen molar-refractivity contribution in [2.24, 2.45) is 0 Å². The molecule has 0 fully saturated rings. The fourth-order valence-corrected chi connectivity index (χ4v) is 5.45. The largest absolute Gasteiger partial charge is 0.508 e. The molecular weight excluding hydrogens is 432 g/mol. The monoisotopic (exact) mass is 466 g/mol. The second-order valence-corrected chi connectivity index (χ2v) is 10.3. The van der Waals surface area contributed by atoms with Crippen LogP contribution in [0.25, 0.3) is 0 Å². The molecule has 180 valence electrons. The summed E-state index contributed by atoms with van der Waals surface area (Å²) in [6.07, 6.45) is 0. The molecule has 0 bridgehead atoms. The number of phenolic OH excluding ortho intramolecular Hbond substituents is 3. The van der Waals surface area contributed by atoms with Crippen LogP contribution in [0.15, 0.2) is 78.9 Å². The van der Waals surface area contributed by atoms with E-state index in [1.165, 1.54) is 0 Å². The van der Waals surface area contributed by atoms with Crippen molar-refractivity contribution in [3.05, 3.63) is 123 Å². The first-order chi connectivity index (χ1) is 16.5. The van der Waals surface area contributed by atoms with Crippen molar-refractivity contribution in [3.8, 4) is 17.2 Å². The lowest BCUT2D eigenvalue weighted by Crippen LogP contribution is -2.28. The van der Waals surface area contributed by atoms with Gasteiger partial charge in [0.25, 0.3) is 0 Å². The molecule has 3 nitrogen and oxygen atoms in total. The lowest BCUT2D eigenvalue weighted by molar-refractivity contribution is 0.440. The number of rotatable bonds is 5. The van der Waals surface area contributed by atoms with Crippen molar-refractivity contribution in [1.82, 2.24) is 0 Å². The molecule has 3 heteroatoms. The minimum atomic E-state index is -0.775. The Labute approximate surface area is 208 Å². The quantitative estimate of drug-likeness (QED) is 0.268. The number of benzene rings is 4. The summed E-state index contributed by atoms with van der Waals surface area (Å²) in [5.41, 5.74) is 6.52. The zero-order valence-electron chi connectivity index (χ0n) is 21.3. The highest BCUT2D eigenvalue weighted by Crippen LogP contribution is 2.48. The molecule has 0 aromatic heterocycles. The van der Waals surface area contributed by atoms with Gasteiger partial charge in [-0.15, -0.1) is 0 Å². The van der Waals surface area contributed by atoms with E-state index in [0.29, 0.717) is 5.75 Å². The molecule has 0 aliphatic carbocycles. The molecule has 0 amide bonds. The van der Waals surface area contributed by atoms with E-state index < -0.39 is 5.41 Å². The molecule has 0 saturated carbocycles. The van der Waals surface area contributed by atoms with Crippen LogP contribution in [-0.4, -0.2) is 15.3 Å². The van der Waals surface area contributed by atoms with Crippen LogP contribution in [0.2, 0.25) is 0 Å². The number of aromatic hydroxyl groups is 3. The molecule has 0 radical (unpaired) electrons. The zero-order valence-corrected chi connectivity index (χ0v) is 21.3. The van der Waals surface area contributed by atoms with E-state index in [4.69, 9.17) is 0 Å². The number of aryl methyl sites for hydroxylation is 3. The molecule has 0 aliphatic rings. The smallest absolute Gasteiger partial charge is 0.120 e. The number of phenols is 3. The summed E-state index contributed by atoms with van der Waals surface area (Å²) < 4.78 is 0. The lowest BCUT2D eigenvalue weighted by Gasteiger charge is -2.36. The summed E-state index contributed by atoms with van der Waals surface area (Å²) in [5.74, 6) is 0.713. The van der Waals surface area contributed by atoms with Gasteiger partial charge in [-0.3, -0.25) is 0 Å². The van der Waals surface area contributed by atoms with Gasteiger partial charge in [-0.25, -0.2) is 0 Å². The zero-order chi connectivity index (χ0) is 25.5. The summed E-state index contributed by atoms with van der Waals surface area (Å²) in [7, 11) is 0. The highest BCUT2D eigenvalue weighted by Gasteiger charge is 2.38. The first-order valence-corrected chi connectivity index (χ1v) is 12.0. The van der Waals surface area contributed by atoms with Gasteiger partial charge < -0.3 is 15.3 Å². The van der Waals surface area contributed by atoms with Gasteiger partial charge in [-0.2, -0.15) is 0 Å². The molecule has 4 rings (SSSR count). The molecule has 4 aromatic rings. The van der Waals surface area contributed by atoms with Gasteiger partial charge in [0.05, 0.1) is 5.41 Å². The predicted molar refractivity (Wildman–Crippen MR) is 143 cm³/mol. The molecule has 0 atom stereocenters. The maximum atomic E-state index is 11.0. The van der Waals surface area contributed by atoms with Crippen molar-refractivity contribution < 1.29 is 15.3 Å². The first kappa shape index (κ1) is 24.4. The Balaban J connectivity index is 1.91. The molecule has 4 aromatic carbocycles. The molecule has 3 N–H and O–H groups in total. The third-order valence-corrected chi connectivity index (χ3v) is 7.60. The minimum Gasteiger partial charge on any atom is -0.508 e. The summed E-state index contributed by atoms with van der Waals surface area (Å²) >= 11 is 0. The van der Waals surface area contributed by atoms with E-state index in [9.17, 15) is 15.3 Å². The van der Waals surface area contributed by atoms with Gasteiger partial charge in [-0.1, -0.05) is 74.5 Å². The van der Waals surface area contributed by atoms with Crippen LogP contribution in [0.1, 0.15) is 65.3 Å². The Morgan fingerprint density at radius 2 is 0.943 bits per heavy atom. The topological polar surface area (TPSA) is 60.7 Å². The maximum absolute atomic E-state index is 11.0. The summed E-state index contributed by atoms with van der Waals surface area (Å²) in [6, 6.07) is 25.3. The van der Waals surface area contributed by atoms with Crippen molar-refractivity contribution in [1.29, 1.82) is 0 Å². The molecule has 0 saturated heterocycles. The van der Waals surface area contributed by atoms with Gasteiger partial charge >= 0.3 is 0 Å². The molecule has 0 heterocycles. The summed E-state index contributed by atoms with van der Waals surface area (Å²) in [4.78, 5) is 0. The van der Waals surface area contributed by atoms with Gasteiger partial charge in [0.2, 0.25) is 0 Å². The molecule has 0 spiro atoms. The Morgan fingerprint density at radius 1 is 0.486 bits per heavy atom. The van der Waals surface area contributed by atoms with Crippen LogP contribution in [0, 0.1) is 20.8 Å². The average Bonchev–Trinajstić information content (AvgIpc) is 2.80. The number of hydrogen-bond acceptors (Lipinski definition) is 3. The maximum Gasteiger partial charge on any atom is 0.120 e. The van der Waals surface area contributed by atoms with E-state index in [-0.39, 0.29) is 16.9 Å². The van der Waals surface area contributed by atoms with Gasteiger partial charge in [0.1, 0.15) is 17.2 Å². The van der Waals surface area contributed by atoms with Crippen LogP contribution >= 0.6 is 0 Å². The number of hydrogen-bond donors (Lipinski definition) is 3. The second kappa shape index (κ2) is 8.81. The van der Waals surface area contributed by atoms with Crippen LogP contribution in [-0.2, 0) is 10.8 Å². The first-order valence-electron chi connectivity index (χ1n) is 12.0. The van der Waals surface area contributed by atoms with Crippen molar-refractivity contribution in [2.75, 3.05) is 0 Å². The van der Waals surface area contributed by atoms with Crippen LogP contribution < -0.4 is 0 Å². The molecule has 0 aliphatic heterocycles. The van der Waals surface area contributed by atoms with Gasteiger partial charge in [0, 0.05) is 16.5 Å². The van der Waals surface area contributed by atoms with E-state index in [1.807, 2.05) is 57.2 Å². The van der Waals surface area contributed by atoms with Gasteiger partial charge in [0.15, 0.2) is 0 Å². The Kier molecular flexibility index (Phi) is 6.14. The third-order valence-electron chi connectivity index (χ3n) is 7.60. The minimum absolute atomic E-state index is 0.208. The summed E-state index contributed by atoms with van der Waals surface area (Å²) in [6.45, 7) is 12.3. The molecular formula is C32H34O3. The highest BCUT2D eigenvalue weighted by atomic mass is 16.3. The average molecular weight is 467 g/mol. The Morgan fingerprint density at radius 3 is 1.40 bits per heavy atom. The van der Waals surface area contributed by atoms with E-state index in [2.05, 4.69) is 45.0 Å². The Bertz CT molecular complexity index is 1290. The standard InChI is InChI=1S/C32H34O3/c1-20-9-7-11-27(34)29(20)32(6,30-21(2)10-8-12-28(30)35)24-15-13-23(14-16-24)31(4,5)25-17-18-26(33)22(3)19-25/h7-19,33-35H,1-6H3. The SMILES string of the molecule is Cc1cc(C(C)(C)c2ccc(C(C)(c3c(C)cccc3O)c3c(C)cccc3O)cc2)ccc1O. The van der Waals surface area contributed by atoms with Crippen molar-refractivity contribution >= 4 is 0 Å². The fraction of sp³-hybridized carbons (Fsp3) is 0.250. The van der Waals surface area contributed by atoms with E-state index in [0.717, 1.165) is 44.5 Å². The molecule has 0 unspecified atom stereocenters. The lowest BCUT2D eigenvalue weighted by atomic mass is 9.67. The highest BCUT2D eigenvalue weighted by molar-refractivity contribution is 5.62. The third kappa shape index (κ3) is 4.05.